The fraction of sp³-hybridized carbons (Fsp3) is 0.400. The molecule has 1 unspecified atom stereocenters. The van der Waals surface area contributed by atoms with E-state index in [2.05, 4.69) is 6.58 Å². The van der Waals surface area contributed by atoms with Gasteiger partial charge in [-0.05, 0) is 6.92 Å². The third-order valence-electron chi connectivity index (χ3n) is 0.755. The minimum absolute atomic E-state index is 0.0186. The Morgan fingerprint density at radius 1 is 1.88 bits per heavy atom. The zero-order chi connectivity index (χ0) is 6.73. The summed E-state index contributed by atoms with van der Waals surface area (Å²) in [5.41, 5.74) is 0.255. The number of carbonyl (C=O) groups is 1. The van der Waals surface area contributed by atoms with Crippen molar-refractivity contribution in [3.63, 3.8) is 0 Å². The first-order chi connectivity index (χ1) is 3.55. The molecule has 8 heavy (non-hydrogen) atoms. The van der Waals surface area contributed by atoms with E-state index < -0.39 is 5.97 Å². The van der Waals surface area contributed by atoms with Crippen molar-refractivity contribution in [2.24, 2.45) is 0 Å². The molecule has 1 N–H and O–H groups in total. The van der Waals surface area contributed by atoms with Crippen molar-refractivity contribution in [2.45, 2.75) is 10.8 Å². The molecule has 2 nitrogen and oxygen atoms in total. The Balaban J connectivity index is 3.84. The summed E-state index contributed by atoms with van der Waals surface area (Å²) in [5.74, 6) is -0.910. The average molecular weight is 226 g/mol. The van der Waals surface area contributed by atoms with Crippen LogP contribution in [-0.2, 0) is 4.79 Å². The Labute approximate surface area is 61.7 Å². The van der Waals surface area contributed by atoms with Crippen molar-refractivity contribution in [1.82, 2.24) is 0 Å². The van der Waals surface area contributed by atoms with Gasteiger partial charge in [-0.15, -0.1) is 0 Å². The van der Waals surface area contributed by atoms with E-state index in [1.807, 2.05) is 22.6 Å². The zero-order valence-corrected chi connectivity index (χ0v) is 6.68. The highest BCUT2D eigenvalue weighted by Gasteiger charge is 2.07. The second-order valence-electron chi connectivity index (χ2n) is 1.45. The summed E-state index contributed by atoms with van der Waals surface area (Å²) in [5, 5.41) is 8.25. The van der Waals surface area contributed by atoms with E-state index in [1.165, 1.54) is 0 Å². The Morgan fingerprint density at radius 3 is 2.25 bits per heavy atom. The molecule has 0 rings (SSSR count). The van der Waals surface area contributed by atoms with E-state index in [0.29, 0.717) is 0 Å². The van der Waals surface area contributed by atoms with E-state index in [-0.39, 0.29) is 9.50 Å². The lowest BCUT2D eigenvalue weighted by Gasteiger charge is -1.98. The van der Waals surface area contributed by atoms with Crippen LogP contribution in [0.2, 0.25) is 0 Å². The summed E-state index contributed by atoms with van der Waals surface area (Å²) >= 11 is 2.00. The molecule has 0 aromatic heterocycles. The third-order valence-corrected chi connectivity index (χ3v) is 1.51. The fourth-order valence-electron chi connectivity index (χ4n) is 0.170. The molecule has 0 bridgehead atoms. The average Bonchev–Trinajstić information content (AvgIpc) is 1.64. The van der Waals surface area contributed by atoms with Crippen LogP contribution in [0.4, 0.5) is 0 Å². The third kappa shape index (κ3) is 2.30. The van der Waals surface area contributed by atoms with E-state index in [9.17, 15) is 4.79 Å². The van der Waals surface area contributed by atoms with Gasteiger partial charge >= 0.3 is 5.97 Å². The lowest BCUT2D eigenvalue weighted by Crippen LogP contribution is -2.06. The predicted molar refractivity (Wildman–Crippen MR) is 40.3 cm³/mol. The largest absolute Gasteiger partial charge is 0.478 e. The Morgan fingerprint density at radius 2 is 2.25 bits per heavy atom. The van der Waals surface area contributed by atoms with Crippen molar-refractivity contribution in [3.05, 3.63) is 12.2 Å². The van der Waals surface area contributed by atoms with Gasteiger partial charge in [0.2, 0.25) is 0 Å². The van der Waals surface area contributed by atoms with Crippen LogP contribution in [-0.4, -0.2) is 15.0 Å². The zero-order valence-electron chi connectivity index (χ0n) is 4.52. The van der Waals surface area contributed by atoms with Crippen molar-refractivity contribution in [3.8, 4) is 0 Å². The quantitative estimate of drug-likeness (QED) is 0.439. The van der Waals surface area contributed by atoms with Gasteiger partial charge in [-0.25, -0.2) is 4.79 Å². The number of halogens is 1. The number of alkyl halides is 1. The lowest BCUT2D eigenvalue weighted by atomic mass is 10.2. The van der Waals surface area contributed by atoms with Gasteiger partial charge in [0.15, 0.2) is 0 Å². The number of hydrogen-bond acceptors (Lipinski definition) is 1. The summed E-state index contributed by atoms with van der Waals surface area (Å²) in [7, 11) is 0. The first-order valence-electron chi connectivity index (χ1n) is 2.12. The van der Waals surface area contributed by atoms with Crippen molar-refractivity contribution in [1.29, 1.82) is 0 Å². The molecule has 0 aliphatic heterocycles. The van der Waals surface area contributed by atoms with Gasteiger partial charge in [-0.2, -0.15) is 0 Å². The van der Waals surface area contributed by atoms with Crippen LogP contribution in [0, 0.1) is 0 Å². The van der Waals surface area contributed by atoms with Gasteiger partial charge in [0.05, 0.1) is 0 Å². The van der Waals surface area contributed by atoms with E-state index in [0.717, 1.165) is 0 Å². The smallest absolute Gasteiger partial charge is 0.332 e. The Bertz CT molecular complexity index is 118. The minimum atomic E-state index is -0.910. The van der Waals surface area contributed by atoms with E-state index in [1.54, 1.807) is 6.92 Å². The maximum absolute atomic E-state index is 10.0. The molecule has 0 saturated heterocycles. The lowest BCUT2D eigenvalue weighted by molar-refractivity contribution is -0.132. The van der Waals surface area contributed by atoms with Gasteiger partial charge in [-0.3, -0.25) is 0 Å². The molecular formula is C5H7IO2. The van der Waals surface area contributed by atoms with Crippen LogP contribution in [0.3, 0.4) is 0 Å². The molecule has 0 heterocycles. The highest BCUT2D eigenvalue weighted by Crippen LogP contribution is 2.08. The maximum Gasteiger partial charge on any atom is 0.332 e. The van der Waals surface area contributed by atoms with Gasteiger partial charge in [0, 0.05) is 9.50 Å². The molecule has 0 aliphatic rings. The SMILES string of the molecule is C=C(C(=O)O)C(C)I. The number of rotatable bonds is 2. The Kier molecular flexibility index (Phi) is 3.04. The summed E-state index contributed by atoms with van der Waals surface area (Å²) in [6.45, 7) is 5.14. The molecule has 0 aliphatic carbocycles. The van der Waals surface area contributed by atoms with Crippen molar-refractivity contribution in [2.75, 3.05) is 0 Å². The number of hydrogen-bond donors (Lipinski definition) is 1. The van der Waals surface area contributed by atoms with E-state index >= 15 is 0 Å². The molecule has 46 valence electrons. The number of aliphatic carboxylic acids is 1. The second-order valence-corrected chi connectivity index (χ2v) is 3.31. The normalized spacial score (nSPS) is 12.8. The molecule has 0 amide bonds. The first-order valence-corrected chi connectivity index (χ1v) is 3.36. The van der Waals surface area contributed by atoms with Crippen LogP contribution < -0.4 is 0 Å². The minimum Gasteiger partial charge on any atom is -0.478 e. The first kappa shape index (κ1) is 7.94. The molecule has 0 aromatic carbocycles. The van der Waals surface area contributed by atoms with Crippen molar-refractivity contribution < 1.29 is 9.90 Å². The molecule has 0 radical (unpaired) electrons. The fourth-order valence-corrected chi connectivity index (χ4v) is 0.437. The second kappa shape index (κ2) is 3.06. The topological polar surface area (TPSA) is 37.3 Å². The molecular weight excluding hydrogens is 219 g/mol. The van der Waals surface area contributed by atoms with Crippen LogP contribution in [0.1, 0.15) is 6.92 Å². The highest BCUT2D eigenvalue weighted by molar-refractivity contribution is 14.1. The maximum atomic E-state index is 10.0. The van der Waals surface area contributed by atoms with Gasteiger partial charge in [0.1, 0.15) is 0 Å². The standard InChI is InChI=1S/C5H7IO2/c1-3(4(2)6)5(7)8/h4H,1H2,2H3,(H,7,8). The van der Waals surface area contributed by atoms with Crippen LogP contribution >= 0.6 is 22.6 Å². The molecule has 0 spiro atoms. The van der Waals surface area contributed by atoms with Crippen molar-refractivity contribution >= 4 is 28.6 Å². The summed E-state index contributed by atoms with van der Waals surface area (Å²) in [6, 6.07) is 0. The molecule has 0 saturated carbocycles. The van der Waals surface area contributed by atoms with Crippen LogP contribution in [0.15, 0.2) is 12.2 Å². The summed E-state index contributed by atoms with van der Waals surface area (Å²) < 4.78 is 0.0186. The molecule has 3 heteroatoms. The predicted octanol–water partition coefficient (Wildman–Crippen LogP) is 1.45. The van der Waals surface area contributed by atoms with Gasteiger partial charge < -0.3 is 5.11 Å². The van der Waals surface area contributed by atoms with Gasteiger partial charge in [0.25, 0.3) is 0 Å². The van der Waals surface area contributed by atoms with Crippen LogP contribution in [0.25, 0.3) is 0 Å². The van der Waals surface area contributed by atoms with Gasteiger partial charge in [-0.1, -0.05) is 29.2 Å². The molecule has 1 atom stereocenters. The summed E-state index contributed by atoms with van der Waals surface area (Å²) in [4.78, 5) is 10.0. The monoisotopic (exact) mass is 226 g/mol. The summed E-state index contributed by atoms with van der Waals surface area (Å²) in [6.07, 6.45) is 0. The number of carboxylic acid groups (broad SMARTS) is 1. The molecule has 0 fully saturated rings. The highest BCUT2D eigenvalue weighted by atomic mass is 127. The van der Waals surface area contributed by atoms with E-state index in [4.69, 9.17) is 5.11 Å². The van der Waals surface area contributed by atoms with Crippen LogP contribution in [0.5, 0.6) is 0 Å². The molecule has 0 aromatic rings. The number of carboxylic acids is 1. The Hall–Kier alpha value is -0.0600.